The highest BCUT2D eigenvalue weighted by Crippen LogP contribution is 2.71. The van der Waals surface area contributed by atoms with Gasteiger partial charge in [-0.05, 0) is 227 Å². The van der Waals surface area contributed by atoms with Crippen molar-refractivity contribution < 1.29 is 0 Å². The Balaban J connectivity index is 0.000000107. The number of para-hydroxylation sites is 2. The molecular weight excluding hydrogens is 1460 g/mol. The molecule has 8 aliphatic carbocycles. The van der Waals surface area contributed by atoms with Gasteiger partial charge in [-0.15, -0.1) is 0 Å². The van der Waals surface area contributed by atoms with Crippen LogP contribution >= 0.6 is 15.9 Å². The van der Waals surface area contributed by atoms with Crippen molar-refractivity contribution in [3.8, 4) is 111 Å². The van der Waals surface area contributed by atoms with E-state index in [4.69, 9.17) is 0 Å². The Kier molecular flexibility index (Phi) is 13.5. The summed E-state index contributed by atoms with van der Waals surface area (Å²) < 4.78 is 1.13. The van der Waals surface area contributed by atoms with Gasteiger partial charge >= 0.3 is 0 Å². The molecule has 4 heteroatoms. The van der Waals surface area contributed by atoms with Crippen LogP contribution in [-0.2, 0) is 21.7 Å². The van der Waals surface area contributed by atoms with Gasteiger partial charge in [-0.3, -0.25) is 0 Å². The lowest BCUT2D eigenvalue weighted by Crippen LogP contribution is -2.26. The molecule has 0 saturated carbocycles. The van der Waals surface area contributed by atoms with Gasteiger partial charge in [0.2, 0.25) is 0 Å². The molecule has 2 heterocycles. The zero-order valence-electron chi connectivity index (χ0n) is 63.0. The molecule has 2 nitrogen and oxygen atoms in total. The van der Waals surface area contributed by atoms with E-state index in [1.165, 1.54) is 229 Å². The van der Waals surface area contributed by atoms with E-state index in [0.29, 0.717) is 0 Å². The molecule has 4 spiro atoms. The summed E-state index contributed by atoms with van der Waals surface area (Å²) in [6, 6.07) is 150. The molecule has 28 rings (SSSR count). The molecule has 0 fully saturated rings. The topological polar surface area (TPSA) is 15.3 Å². The molecule has 0 unspecified atom stereocenters. The van der Waals surface area contributed by atoms with Gasteiger partial charge in [0.05, 0.1) is 33.0 Å². The summed E-state index contributed by atoms with van der Waals surface area (Å²) in [6.07, 6.45) is 0. The fraction of sp³-hybridized carbons (Fsp3) is 0.0357. The summed E-state index contributed by atoms with van der Waals surface area (Å²) in [7, 11) is 0. The third-order valence-corrected chi connectivity index (χ3v) is 28.1. The molecular formula is C112H67BBrN2. The van der Waals surface area contributed by atoms with Crippen molar-refractivity contribution in [2.24, 2.45) is 0 Å². The molecule has 1 N–H and O–H groups in total. The second kappa shape index (κ2) is 23.9. The molecule has 3 radical (unpaired) electrons. The predicted molar refractivity (Wildman–Crippen MR) is 480 cm³/mol. The third kappa shape index (κ3) is 7.93. The first-order valence-corrected chi connectivity index (χ1v) is 41.0. The second-order valence-corrected chi connectivity index (χ2v) is 33.2. The van der Waals surface area contributed by atoms with E-state index in [0.717, 1.165) is 4.47 Å². The lowest BCUT2D eigenvalue weighted by atomic mass is 9.70. The average molecular weight is 1530 g/mol. The summed E-state index contributed by atoms with van der Waals surface area (Å²) in [5.74, 6) is 0. The number of benzene rings is 18. The first kappa shape index (κ1) is 65.6. The van der Waals surface area contributed by atoms with Crippen LogP contribution in [0.1, 0.15) is 89.0 Å². The summed E-state index contributed by atoms with van der Waals surface area (Å²) in [4.78, 5) is 2.58. The normalized spacial score (nSPS) is 14.9. The van der Waals surface area contributed by atoms with E-state index >= 15 is 0 Å². The van der Waals surface area contributed by atoms with Crippen LogP contribution in [-0.4, -0.2) is 8.41 Å². The minimum atomic E-state index is -0.420. The van der Waals surface area contributed by atoms with Gasteiger partial charge in [0.15, 0.2) is 0 Å². The van der Waals surface area contributed by atoms with E-state index in [2.05, 4.69) is 427 Å². The van der Waals surface area contributed by atoms with Gasteiger partial charge in [-0.1, -0.05) is 368 Å². The van der Waals surface area contributed by atoms with Crippen molar-refractivity contribution >= 4 is 52.8 Å². The van der Waals surface area contributed by atoms with E-state index in [-0.39, 0.29) is 19.2 Å². The molecule has 2 aliphatic heterocycles. The molecule has 18 aromatic carbocycles. The largest absolute Gasteiger partial charge is 0.355 e. The lowest BCUT2D eigenvalue weighted by molar-refractivity contribution is 0.793. The van der Waals surface area contributed by atoms with E-state index in [1.54, 1.807) is 0 Å². The number of fused-ring (bicyclic) bond motifs is 38. The number of hydrogen-bond acceptors (Lipinski definition) is 2. The number of anilines is 5. The van der Waals surface area contributed by atoms with Crippen molar-refractivity contribution in [1.82, 2.24) is 0 Å². The minimum absolute atomic E-state index is 0. The summed E-state index contributed by atoms with van der Waals surface area (Å²) in [5.41, 5.74) is 53.3. The van der Waals surface area contributed by atoms with Gasteiger partial charge < -0.3 is 10.2 Å². The van der Waals surface area contributed by atoms with Gasteiger partial charge in [0.25, 0.3) is 0 Å². The highest BCUT2D eigenvalue weighted by Gasteiger charge is 2.58. The Labute approximate surface area is 684 Å². The van der Waals surface area contributed by atoms with Crippen molar-refractivity contribution in [2.45, 2.75) is 21.7 Å². The summed E-state index contributed by atoms with van der Waals surface area (Å²) >= 11 is 3.72. The van der Waals surface area contributed by atoms with Crippen LogP contribution in [0.2, 0.25) is 0 Å². The number of nitrogens with one attached hydrogen (secondary N) is 1. The first-order chi connectivity index (χ1) is 57.0. The number of halogens is 1. The Bertz CT molecular complexity index is 7180. The fourth-order valence-corrected chi connectivity index (χ4v) is 24.1. The Morgan fingerprint density at radius 2 is 0.440 bits per heavy atom. The van der Waals surface area contributed by atoms with Crippen LogP contribution in [0, 0.1) is 0 Å². The minimum Gasteiger partial charge on any atom is -0.355 e. The molecule has 0 amide bonds. The standard InChI is InChI=1S/C56H33N.C31H19N.C25H15Br.B/c1-7-22-43-35(15-1)36-16-2-8-23-44(36)55(43)45-24-9-5-19-39(45)40-32-31-34(33-50(40)55)57-51-29-12-6-20-41(51)42-21-13-27-48-53(42)54-49(28-14-30-52(54)57)56(48)46-25-10-3-17-37(46)38-18-4-11-26-47(38)56;1-4-13-23-19(9-1)20-10-2-5-14-24(20)31(23)25-15-7-12-22-21-11-3-6-17-27(21)32-28-18-8-16-26(31)30(28)29(22)25;26-16-13-14-20-19-9-3-6-12-23(19)25(24(20)15-16)21-10-4-1-7-17(21)18-8-2-5-11-22(18)25;/h1-33H;1-18,32H;1-15H;. The molecule has 10 aliphatic rings. The zero-order valence-corrected chi connectivity index (χ0v) is 64.6. The lowest BCUT2D eigenvalue weighted by Gasteiger charge is -2.34. The Morgan fingerprint density at radius 3 is 0.862 bits per heavy atom. The van der Waals surface area contributed by atoms with Crippen molar-refractivity contribution in [1.29, 1.82) is 0 Å². The van der Waals surface area contributed by atoms with E-state index in [1.807, 2.05) is 0 Å². The van der Waals surface area contributed by atoms with Crippen LogP contribution in [0.4, 0.5) is 28.4 Å². The smallest absolute Gasteiger partial charge is 0.0726 e. The maximum atomic E-state index is 3.78. The van der Waals surface area contributed by atoms with Crippen molar-refractivity contribution in [3.05, 3.63) is 494 Å². The van der Waals surface area contributed by atoms with Crippen LogP contribution in [0.15, 0.2) is 405 Å². The van der Waals surface area contributed by atoms with Gasteiger partial charge in [-0.25, -0.2) is 0 Å². The quantitative estimate of drug-likeness (QED) is 0.165. The number of rotatable bonds is 1. The van der Waals surface area contributed by atoms with Crippen LogP contribution < -0.4 is 10.2 Å². The number of hydrogen-bond donors (Lipinski definition) is 1. The van der Waals surface area contributed by atoms with Crippen molar-refractivity contribution in [3.63, 3.8) is 0 Å². The SMILES string of the molecule is Brc1ccc2c(c1)C1(c3ccccc3-c3ccccc31)c1ccccc1-2.[B].c1ccc2c(c1)-c1cccc3c1-c1c(cccc1C31c3ccccc3-c3ccccc31)N2c1ccc2c(c1)C1(c3ccccc3-c3ccccc31)c1ccccc1-2.c1ccc2c(c1)Nc1cccc3c1-c1c-2cccc1C31c2ccccc2-c2ccccc21. The zero-order chi connectivity index (χ0) is 75.2. The summed E-state index contributed by atoms with van der Waals surface area (Å²) in [5, 5.41) is 3.78. The van der Waals surface area contributed by atoms with E-state index in [9.17, 15) is 0 Å². The highest BCUT2D eigenvalue weighted by molar-refractivity contribution is 9.10. The first-order valence-electron chi connectivity index (χ1n) is 40.2. The average Bonchev–Trinajstić information content (AvgIpc) is 1.50. The third-order valence-electron chi connectivity index (χ3n) is 27.6. The monoisotopic (exact) mass is 1530 g/mol. The van der Waals surface area contributed by atoms with Gasteiger partial charge in [0, 0.05) is 52.2 Å². The Hall–Kier alpha value is -13.9. The van der Waals surface area contributed by atoms with Gasteiger partial charge in [0.1, 0.15) is 0 Å². The summed E-state index contributed by atoms with van der Waals surface area (Å²) in [6.45, 7) is 0. The number of nitrogens with zero attached hydrogens (tertiary/aromatic N) is 1. The fourth-order valence-electron chi connectivity index (χ4n) is 23.7. The maximum Gasteiger partial charge on any atom is 0.0726 e. The second-order valence-electron chi connectivity index (χ2n) is 32.3. The van der Waals surface area contributed by atoms with Gasteiger partial charge in [-0.2, -0.15) is 0 Å². The molecule has 535 valence electrons. The van der Waals surface area contributed by atoms with Crippen molar-refractivity contribution in [2.75, 3.05) is 10.2 Å². The predicted octanol–water partition coefficient (Wildman–Crippen LogP) is 28.0. The maximum absolute atomic E-state index is 3.78. The van der Waals surface area contributed by atoms with Crippen LogP contribution in [0.25, 0.3) is 111 Å². The molecule has 0 bridgehead atoms. The van der Waals surface area contributed by atoms with Crippen LogP contribution in [0.3, 0.4) is 0 Å². The Morgan fingerprint density at radius 1 is 0.181 bits per heavy atom. The molecule has 0 atom stereocenters. The molecule has 0 saturated heterocycles. The molecule has 116 heavy (non-hydrogen) atoms. The highest BCUT2D eigenvalue weighted by atomic mass is 79.9. The molecule has 18 aromatic rings. The molecule has 0 aromatic heterocycles. The van der Waals surface area contributed by atoms with Crippen LogP contribution in [0.5, 0.6) is 0 Å². The van der Waals surface area contributed by atoms with E-state index < -0.39 is 10.8 Å².